The molecule has 1 saturated heterocycles. The molecule has 21 heavy (non-hydrogen) atoms. The molecule has 7 nitrogen and oxygen atoms in total. The first kappa shape index (κ1) is 15.6. The van der Waals surface area contributed by atoms with E-state index in [2.05, 4.69) is 10.6 Å². The van der Waals surface area contributed by atoms with Gasteiger partial charge >= 0.3 is 5.97 Å². The Balaban J connectivity index is 2.19. The van der Waals surface area contributed by atoms with Gasteiger partial charge in [0.05, 0.1) is 31.0 Å². The van der Waals surface area contributed by atoms with Crippen LogP contribution in [0.25, 0.3) is 0 Å². The van der Waals surface area contributed by atoms with E-state index in [1.807, 2.05) is 0 Å². The summed E-state index contributed by atoms with van der Waals surface area (Å²) >= 11 is 6.00. The maximum atomic E-state index is 12.1. The fraction of sp³-hybridized carbons (Fsp3) is 0.385. The van der Waals surface area contributed by atoms with Crippen molar-refractivity contribution in [2.75, 3.05) is 32.2 Å². The zero-order chi connectivity index (χ0) is 15.4. The van der Waals surface area contributed by atoms with Crippen molar-refractivity contribution in [1.29, 1.82) is 0 Å². The first-order valence-electron chi connectivity index (χ1n) is 6.25. The summed E-state index contributed by atoms with van der Waals surface area (Å²) in [5, 5.41) is 14.8. The van der Waals surface area contributed by atoms with Crippen LogP contribution >= 0.6 is 11.6 Å². The lowest BCUT2D eigenvalue weighted by atomic mass is 10.1. The number of rotatable bonds is 4. The molecule has 1 unspecified atom stereocenters. The number of anilines is 1. The van der Waals surface area contributed by atoms with Crippen molar-refractivity contribution in [3.63, 3.8) is 0 Å². The fourth-order valence-corrected chi connectivity index (χ4v) is 2.15. The van der Waals surface area contributed by atoms with Crippen LogP contribution in [0.1, 0.15) is 10.4 Å². The maximum absolute atomic E-state index is 12.1. The first-order chi connectivity index (χ1) is 10.0. The number of hydrogen-bond donors (Lipinski definition) is 3. The van der Waals surface area contributed by atoms with Crippen LogP contribution in [-0.2, 0) is 9.53 Å². The second-order valence-corrected chi connectivity index (χ2v) is 4.82. The van der Waals surface area contributed by atoms with E-state index >= 15 is 0 Å². The Morgan fingerprint density at radius 2 is 2.29 bits per heavy atom. The highest BCUT2D eigenvalue weighted by molar-refractivity contribution is 6.34. The summed E-state index contributed by atoms with van der Waals surface area (Å²) in [7, 11) is 1.35. The molecule has 1 aromatic carbocycles. The van der Waals surface area contributed by atoms with E-state index in [0.717, 1.165) is 0 Å². The van der Waals surface area contributed by atoms with Crippen LogP contribution in [-0.4, -0.2) is 49.9 Å². The van der Waals surface area contributed by atoms with Crippen molar-refractivity contribution in [2.24, 2.45) is 0 Å². The third-order valence-corrected chi connectivity index (χ3v) is 3.33. The lowest BCUT2D eigenvalue weighted by Crippen LogP contribution is -2.48. The van der Waals surface area contributed by atoms with Crippen LogP contribution in [0.4, 0.5) is 5.69 Å². The number of carboxylic acid groups (broad SMARTS) is 1. The van der Waals surface area contributed by atoms with Crippen molar-refractivity contribution in [2.45, 2.75) is 6.04 Å². The molecule has 114 valence electrons. The molecule has 1 atom stereocenters. The molecule has 0 saturated carbocycles. The Labute approximate surface area is 126 Å². The van der Waals surface area contributed by atoms with Crippen molar-refractivity contribution in [1.82, 2.24) is 5.32 Å². The topological polar surface area (TPSA) is 96.9 Å². The quantitative estimate of drug-likeness (QED) is 0.766. The van der Waals surface area contributed by atoms with Gasteiger partial charge in [-0.3, -0.25) is 4.79 Å². The number of amides is 1. The van der Waals surface area contributed by atoms with Crippen molar-refractivity contribution < 1.29 is 24.2 Å². The third-order valence-electron chi connectivity index (χ3n) is 3.02. The molecule has 0 bridgehead atoms. The van der Waals surface area contributed by atoms with Crippen LogP contribution in [0.3, 0.4) is 0 Å². The zero-order valence-electron chi connectivity index (χ0n) is 11.3. The second kappa shape index (κ2) is 6.75. The van der Waals surface area contributed by atoms with Crippen LogP contribution in [0.2, 0.25) is 5.02 Å². The van der Waals surface area contributed by atoms with E-state index in [-0.39, 0.29) is 34.5 Å². The summed E-state index contributed by atoms with van der Waals surface area (Å²) in [5.41, 5.74) is 0.218. The number of halogens is 1. The molecule has 3 N–H and O–H groups in total. The molecule has 1 aromatic rings. The van der Waals surface area contributed by atoms with Gasteiger partial charge in [0.25, 0.3) is 0 Å². The van der Waals surface area contributed by atoms with Gasteiger partial charge in [-0.25, -0.2) is 4.79 Å². The lowest BCUT2D eigenvalue weighted by Gasteiger charge is -2.23. The van der Waals surface area contributed by atoms with Crippen molar-refractivity contribution >= 4 is 29.2 Å². The molecule has 1 fully saturated rings. The second-order valence-electron chi connectivity index (χ2n) is 4.41. The number of morpholine rings is 1. The largest absolute Gasteiger partial charge is 0.496 e. The summed E-state index contributed by atoms with van der Waals surface area (Å²) in [6, 6.07) is 2.15. The van der Waals surface area contributed by atoms with Crippen molar-refractivity contribution in [3.05, 3.63) is 22.7 Å². The number of ether oxygens (including phenoxy) is 2. The Bertz CT molecular complexity index is 558. The smallest absolute Gasteiger partial charge is 0.339 e. The number of methoxy groups -OCH3 is 1. The van der Waals surface area contributed by atoms with Crippen LogP contribution in [0, 0.1) is 0 Å². The highest BCUT2D eigenvalue weighted by atomic mass is 35.5. The van der Waals surface area contributed by atoms with Gasteiger partial charge in [0.15, 0.2) is 0 Å². The Hall–Kier alpha value is -1.83. The minimum absolute atomic E-state index is 0.0698. The van der Waals surface area contributed by atoms with Crippen molar-refractivity contribution in [3.8, 4) is 5.75 Å². The normalized spacial score (nSPS) is 18.1. The Morgan fingerprint density at radius 3 is 2.86 bits per heavy atom. The number of benzene rings is 1. The molecule has 1 aliphatic heterocycles. The van der Waals surface area contributed by atoms with E-state index in [0.29, 0.717) is 13.2 Å². The molecule has 0 aromatic heterocycles. The minimum Gasteiger partial charge on any atom is -0.496 e. The van der Waals surface area contributed by atoms with Gasteiger partial charge in [-0.05, 0) is 6.07 Å². The van der Waals surface area contributed by atoms with Crippen LogP contribution in [0.5, 0.6) is 5.75 Å². The molecule has 1 heterocycles. The Morgan fingerprint density at radius 1 is 1.52 bits per heavy atom. The number of carbonyl (C=O) groups is 2. The number of nitrogens with one attached hydrogen (secondary N) is 2. The molecule has 0 radical (unpaired) electrons. The third kappa shape index (κ3) is 3.63. The van der Waals surface area contributed by atoms with Gasteiger partial charge in [-0.15, -0.1) is 0 Å². The average molecular weight is 315 g/mol. The highest BCUT2D eigenvalue weighted by Gasteiger charge is 2.23. The van der Waals surface area contributed by atoms with Crippen LogP contribution in [0.15, 0.2) is 12.1 Å². The molecular formula is C13H15ClN2O5. The summed E-state index contributed by atoms with van der Waals surface area (Å²) in [4.78, 5) is 23.1. The number of carbonyl (C=O) groups excluding carboxylic acids is 1. The monoisotopic (exact) mass is 314 g/mol. The van der Waals surface area contributed by atoms with Gasteiger partial charge in [0.1, 0.15) is 17.4 Å². The highest BCUT2D eigenvalue weighted by Crippen LogP contribution is 2.31. The Kier molecular flexibility index (Phi) is 5.00. The van der Waals surface area contributed by atoms with Gasteiger partial charge < -0.3 is 25.2 Å². The van der Waals surface area contributed by atoms with Gasteiger partial charge in [-0.1, -0.05) is 11.6 Å². The zero-order valence-corrected chi connectivity index (χ0v) is 12.1. The molecular weight excluding hydrogens is 300 g/mol. The van der Waals surface area contributed by atoms with Crippen LogP contribution < -0.4 is 15.4 Å². The molecule has 0 spiro atoms. The van der Waals surface area contributed by atoms with E-state index < -0.39 is 12.0 Å². The number of aromatic carboxylic acids is 1. The summed E-state index contributed by atoms with van der Waals surface area (Å²) in [6.07, 6.45) is 0. The number of hydrogen-bond acceptors (Lipinski definition) is 5. The SMILES string of the molecule is COc1cc(NC(=O)C2COCCN2)c(Cl)cc1C(=O)O. The van der Waals surface area contributed by atoms with E-state index in [1.165, 1.54) is 19.2 Å². The van der Waals surface area contributed by atoms with E-state index in [4.69, 9.17) is 26.2 Å². The molecule has 1 amide bonds. The van der Waals surface area contributed by atoms with Gasteiger partial charge in [0.2, 0.25) is 5.91 Å². The fourth-order valence-electron chi connectivity index (χ4n) is 1.94. The summed E-state index contributed by atoms with van der Waals surface area (Å²) in [6.45, 7) is 1.42. The predicted molar refractivity (Wildman–Crippen MR) is 76.2 cm³/mol. The molecule has 1 aliphatic rings. The van der Waals surface area contributed by atoms with E-state index in [1.54, 1.807) is 0 Å². The lowest BCUT2D eigenvalue weighted by molar-refractivity contribution is -0.120. The van der Waals surface area contributed by atoms with Gasteiger partial charge in [-0.2, -0.15) is 0 Å². The first-order valence-corrected chi connectivity index (χ1v) is 6.63. The van der Waals surface area contributed by atoms with E-state index in [9.17, 15) is 9.59 Å². The summed E-state index contributed by atoms with van der Waals surface area (Å²) in [5.74, 6) is -1.34. The molecule has 2 rings (SSSR count). The molecule has 0 aliphatic carbocycles. The van der Waals surface area contributed by atoms with Gasteiger partial charge in [0, 0.05) is 12.6 Å². The predicted octanol–water partition coefficient (Wildman–Crippen LogP) is 0.974. The minimum atomic E-state index is -1.16. The summed E-state index contributed by atoms with van der Waals surface area (Å²) < 4.78 is 10.2. The maximum Gasteiger partial charge on any atom is 0.339 e. The standard InChI is InChI=1S/C13H15ClN2O5/c1-20-11-5-9(8(14)4-7(11)13(18)19)16-12(17)10-6-21-3-2-15-10/h4-5,10,15H,2-3,6H2,1H3,(H,16,17)(H,18,19). The average Bonchev–Trinajstić information content (AvgIpc) is 2.49. The molecule has 8 heteroatoms. The number of carboxylic acids is 1.